The predicted octanol–water partition coefficient (Wildman–Crippen LogP) is 2.60. The number of nitrogens with zero attached hydrogens (tertiary/aromatic N) is 1. The molecule has 0 radical (unpaired) electrons. The number of aldehydes is 1. The molecule has 0 saturated carbocycles. The topological polar surface area (TPSA) is 54.5 Å². The van der Waals surface area contributed by atoms with Crippen LogP contribution in [0.2, 0.25) is 5.02 Å². The second-order valence-electron chi connectivity index (χ2n) is 3.21. The zero-order valence-electron chi connectivity index (χ0n) is 8.73. The first-order valence-corrected chi connectivity index (χ1v) is 5.86. The summed E-state index contributed by atoms with van der Waals surface area (Å²) in [5.74, 6) is -0.287. The van der Waals surface area contributed by atoms with Crippen molar-refractivity contribution in [3.05, 3.63) is 34.9 Å². The maximum absolute atomic E-state index is 10.4. The zero-order chi connectivity index (χ0) is 12.8. The molecule has 1 saturated heterocycles. The minimum Gasteiger partial charge on any atom is -0.298 e. The molecule has 17 heavy (non-hydrogen) atoms. The third kappa shape index (κ3) is 3.94. The van der Waals surface area contributed by atoms with Crippen molar-refractivity contribution in [1.29, 1.82) is 0 Å². The standard InChI is InChI=1S/C7H5ClO.C4H4BrNO2/c8-7-4-2-1-3-6(7)5-9;5-6-3(7)1-2-4(6)8/h1-5H;1-2H2. The molecule has 1 aliphatic heterocycles. The highest BCUT2D eigenvalue weighted by Gasteiger charge is 2.26. The van der Waals surface area contributed by atoms with Crippen LogP contribution in [-0.2, 0) is 9.59 Å². The van der Waals surface area contributed by atoms with Crippen LogP contribution in [0, 0.1) is 0 Å². The van der Waals surface area contributed by atoms with E-state index in [9.17, 15) is 14.4 Å². The highest BCUT2D eigenvalue weighted by molar-refractivity contribution is 9.08. The van der Waals surface area contributed by atoms with Crippen LogP contribution < -0.4 is 0 Å². The second kappa shape index (κ2) is 6.51. The Balaban J connectivity index is 0.000000171. The van der Waals surface area contributed by atoms with Gasteiger partial charge >= 0.3 is 0 Å². The third-order valence-corrected chi connectivity index (χ3v) is 3.16. The van der Waals surface area contributed by atoms with Crippen molar-refractivity contribution in [3.8, 4) is 0 Å². The van der Waals surface area contributed by atoms with Crippen molar-refractivity contribution in [2.24, 2.45) is 0 Å². The lowest BCUT2D eigenvalue weighted by molar-refractivity contribution is -0.131. The molecule has 0 aliphatic carbocycles. The molecule has 0 atom stereocenters. The van der Waals surface area contributed by atoms with Crippen LogP contribution in [0.25, 0.3) is 0 Å². The molecule has 1 aliphatic rings. The lowest BCUT2D eigenvalue weighted by Crippen LogP contribution is -2.16. The van der Waals surface area contributed by atoms with Gasteiger partial charge in [0.2, 0.25) is 11.8 Å². The van der Waals surface area contributed by atoms with Gasteiger partial charge in [-0.1, -0.05) is 29.8 Å². The van der Waals surface area contributed by atoms with Gasteiger partial charge in [-0.05, 0) is 6.07 Å². The summed E-state index contributed by atoms with van der Waals surface area (Å²) < 4.78 is 0.979. The Morgan fingerprint density at radius 3 is 2.00 bits per heavy atom. The molecular formula is C11H9BrClNO3. The number of hydrogen-bond acceptors (Lipinski definition) is 3. The second-order valence-corrected chi connectivity index (χ2v) is 4.32. The van der Waals surface area contributed by atoms with E-state index >= 15 is 0 Å². The fourth-order valence-corrected chi connectivity index (χ4v) is 1.65. The molecule has 1 heterocycles. The Bertz CT molecular complexity index is 434. The number of hydrogen-bond donors (Lipinski definition) is 0. The normalized spacial score (nSPS) is 14.4. The minimum atomic E-state index is -0.144. The fourth-order valence-electron chi connectivity index (χ4n) is 1.12. The molecule has 2 rings (SSSR count). The Morgan fingerprint density at radius 2 is 1.71 bits per heavy atom. The average Bonchev–Trinajstić information content (AvgIpc) is 2.62. The lowest BCUT2D eigenvalue weighted by atomic mass is 10.2. The minimum absolute atomic E-state index is 0.144. The van der Waals surface area contributed by atoms with Crippen LogP contribution >= 0.6 is 27.7 Å². The molecule has 6 heteroatoms. The van der Waals surface area contributed by atoms with Crippen LogP contribution in [0.4, 0.5) is 0 Å². The molecule has 2 amide bonds. The van der Waals surface area contributed by atoms with Crippen molar-refractivity contribution >= 4 is 45.8 Å². The summed E-state index contributed by atoms with van der Waals surface area (Å²) in [6.45, 7) is 0. The Kier molecular flexibility index (Phi) is 5.31. The smallest absolute Gasteiger partial charge is 0.239 e. The predicted molar refractivity (Wildman–Crippen MR) is 66.9 cm³/mol. The third-order valence-electron chi connectivity index (χ3n) is 2.02. The summed E-state index contributed by atoms with van der Waals surface area (Å²) in [7, 11) is 0. The summed E-state index contributed by atoms with van der Waals surface area (Å²) >= 11 is 8.40. The molecule has 0 aromatic heterocycles. The fraction of sp³-hybridized carbons (Fsp3) is 0.182. The molecule has 4 nitrogen and oxygen atoms in total. The summed E-state index contributed by atoms with van der Waals surface area (Å²) in [6.07, 6.45) is 1.44. The van der Waals surface area contributed by atoms with Gasteiger partial charge in [-0.2, -0.15) is 0 Å². The summed E-state index contributed by atoms with van der Waals surface area (Å²) in [4.78, 5) is 31.0. The number of halogens is 2. The average molecular weight is 319 g/mol. The largest absolute Gasteiger partial charge is 0.298 e. The van der Waals surface area contributed by atoms with E-state index in [1.54, 1.807) is 24.3 Å². The maximum Gasteiger partial charge on any atom is 0.239 e. The van der Waals surface area contributed by atoms with E-state index in [0.29, 0.717) is 23.4 Å². The van der Waals surface area contributed by atoms with Crippen molar-refractivity contribution < 1.29 is 14.4 Å². The van der Waals surface area contributed by atoms with E-state index in [0.717, 1.165) is 10.2 Å². The Labute approximate surface area is 112 Å². The Hall–Kier alpha value is -1.20. The van der Waals surface area contributed by atoms with E-state index < -0.39 is 0 Å². The number of benzene rings is 1. The SMILES string of the molecule is O=C1CCC(=O)N1Br.O=Cc1ccccc1Cl. The van der Waals surface area contributed by atoms with Gasteiger partial charge in [0.05, 0.1) is 21.2 Å². The number of carbonyl (C=O) groups excluding carboxylic acids is 3. The van der Waals surface area contributed by atoms with Crippen LogP contribution in [0.1, 0.15) is 23.2 Å². The maximum atomic E-state index is 10.4. The highest BCUT2D eigenvalue weighted by atomic mass is 79.9. The molecule has 0 N–H and O–H groups in total. The summed E-state index contributed by atoms with van der Waals surface area (Å²) in [5.41, 5.74) is 0.541. The number of amides is 2. The molecule has 0 spiro atoms. The van der Waals surface area contributed by atoms with Gasteiger partial charge in [-0.3, -0.25) is 14.4 Å². The highest BCUT2D eigenvalue weighted by Crippen LogP contribution is 2.14. The van der Waals surface area contributed by atoms with Gasteiger partial charge in [0.15, 0.2) is 6.29 Å². The van der Waals surface area contributed by atoms with Crippen molar-refractivity contribution in [2.45, 2.75) is 12.8 Å². The van der Waals surface area contributed by atoms with Crippen LogP contribution in [-0.4, -0.2) is 22.0 Å². The number of imide groups is 1. The first-order chi connectivity index (χ1) is 8.06. The quantitative estimate of drug-likeness (QED) is 0.454. The van der Waals surface area contributed by atoms with Crippen LogP contribution in [0.3, 0.4) is 0 Å². The van der Waals surface area contributed by atoms with Crippen molar-refractivity contribution in [1.82, 2.24) is 3.93 Å². The van der Waals surface area contributed by atoms with E-state index in [4.69, 9.17) is 11.6 Å². The molecule has 1 aromatic carbocycles. The van der Waals surface area contributed by atoms with Crippen molar-refractivity contribution in [2.75, 3.05) is 0 Å². The first kappa shape index (κ1) is 13.9. The van der Waals surface area contributed by atoms with Gasteiger partial charge in [0, 0.05) is 18.4 Å². The Morgan fingerprint density at radius 1 is 1.18 bits per heavy atom. The molecule has 1 aromatic rings. The molecule has 0 bridgehead atoms. The summed E-state index contributed by atoms with van der Waals surface area (Å²) in [6, 6.07) is 6.92. The van der Waals surface area contributed by atoms with Crippen LogP contribution in [0.15, 0.2) is 24.3 Å². The van der Waals surface area contributed by atoms with E-state index in [-0.39, 0.29) is 11.8 Å². The molecule has 0 unspecified atom stereocenters. The number of carbonyl (C=O) groups is 3. The number of rotatable bonds is 1. The van der Waals surface area contributed by atoms with E-state index in [2.05, 4.69) is 16.1 Å². The van der Waals surface area contributed by atoms with Gasteiger partial charge < -0.3 is 0 Å². The van der Waals surface area contributed by atoms with Gasteiger partial charge in [0.1, 0.15) is 0 Å². The summed E-state index contributed by atoms with van der Waals surface area (Å²) in [5, 5.41) is 0.507. The van der Waals surface area contributed by atoms with Crippen LogP contribution in [0.5, 0.6) is 0 Å². The molecule has 1 fully saturated rings. The van der Waals surface area contributed by atoms with Gasteiger partial charge in [-0.25, -0.2) is 3.93 Å². The van der Waals surface area contributed by atoms with E-state index in [1.165, 1.54) is 0 Å². The van der Waals surface area contributed by atoms with Gasteiger partial charge in [-0.15, -0.1) is 0 Å². The van der Waals surface area contributed by atoms with Gasteiger partial charge in [0.25, 0.3) is 0 Å². The monoisotopic (exact) mass is 317 g/mol. The van der Waals surface area contributed by atoms with Crippen molar-refractivity contribution in [3.63, 3.8) is 0 Å². The lowest BCUT2D eigenvalue weighted by Gasteiger charge is -1.97. The molecular weight excluding hydrogens is 309 g/mol. The van der Waals surface area contributed by atoms with E-state index in [1.807, 2.05) is 0 Å². The first-order valence-electron chi connectivity index (χ1n) is 4.77. The molecule has 90 valence electrons. The zero-order valence-corrected chi connectivity index (χ0v) is 11.1.